The zero-order valence-electron chi connectivity index (χ0n) is 15.0. The number of amides is 1. The molecule has 6 nitrogen and oxygen atoms in total. The summed E-state index contributed by atoms with van der Waals surface area (Å²) in [6.45, 7) is 0.771. The molecule has 27 heavy (non-hydrogen) atoms. The Morgan fingerprint density at radius 3 is 2.48 bits per heavy atom. The Morgan fingerprint density at radius 2 is 1.74 bits per heavy atom. The van der Waals surface area contributed by atoms with Gasteiger partial charge in [0.2, 0.25) is 0 Å². The van der Waals surface area contributed by atoms with Crippen LogP contribution in [0.2, 0.25) is 0 Å². The minimum Gasteiger partial charge on any atom is -0.497 e. The lowest BCUT2D eigenvalue weighted by atomic mass is 10.2. The highest BCUT2D eigenvalue weighted by Gasteiger charge is 2.07. The van der Waals surface area contributed by atoms with E-state index in [2.05, 4.69) is 15.6 Å². The Morgan fingerprint density at radius 1 is 1.00 bits per heavy atom. The quantitative estimate of drug-likeness (QED) is 0.598. The third kappa shape index (κ3) is 5.47. The highest BCUT2D eigenvalue weighted by molar-refractivity contribution is 5.94. The van der Waals surface area contributed by atoms with Crippen LogP contribution in [0.1, 0.15) is 10.4 Å². The maximum Gasteiger partial charge on any atom is 0.251 e. The van der Waals surface area contributed by atoms with Crippen LogP contribution in [-0.2, 0) is 0 Å². The predicted octanol–water partition coefficient (Wildman–Crippen LogP) is 3.64. The molecule has 0 atom stereocenters. The smallest absolute Gasteiger partial charge is 0.251 e. The standard InChI is InChI=1S/C21H21N3O3/c1-26-18-7-9-19(10-8-18)27-14-13-23-21(25)16-11-12-22-20(15-16)24-17-5-3-2-4-6-17/h2-12,15H,13-14H2,1H3,(H,22,24)(H,23,25). The SMILES string of the molecule is COc1ccc(OCCNC(=O)c2ccnc(Nc3ccccc3)c2)cc1. The van der Waals surface area contributed by atoms with Crippen molar-refractivity contribution in [3.05, 3.63) is 78.5 Å². The number of benzene rings is 2. The first-order chi connectivity index (χ1) is 13.2. The lowest BCUT2D eigenvalue weighted by Crippen LogP contribution is -2.28. The van der Waals surface area contributed by atoms with Crippen LogP contribution in [-0.4, -0.2) is 31.2 Å². The van der Waals surface area contributed by atoms with Crippen LogP contribution < -0.4 is 20.1 Å². The highest BCUT2D eigenvalue weighted by atomic mass is 16.5. The zero-order valence-corrected chi connectivity index (χ0v) is 15.0. The zero-order chi connectivity index (χ0) is 18.9. The summed E-state index contributed by atoms with van der Waals surface area (Å²) in [5.41, 5.74) is 1.45. The molecular weight excluding hydrogens is 342 g/mol. The Labute approximate surface area is 158 Å². The number of para-hydroxylation sites is 1. The minimum absolute atomic E-state index is 0.174. The van der Waals surface area contributed by atoms with Gasteiger partial charge in [-0.05, 0) is 48.5 Å². The Kier molecular flexibility index (Phi) is 6.25. The summed E-state index contributed by atoms with van der Waals surface area (Å²) in [5, 5.41) is 6.01. The van der Waals surface area contributed by atoms with E-state index < -0.39 is 0 Å². The summed E-state index contributed by atoms with van der Waals surface area (Å²) < 4.78 is 10.7. The van der Waals surface area contributed by atoms with E-state index in [0.717, 1.165) is 17.2 Å². The number of nitrogens with one attached hydrogen (secondary N) is 2. The first kappa shape index (κ1) is 18.3. The number of aromatic nitrogens is 1. The maximum atomic E-state index is 12.3. The second-order valence-electron chi connectivity index (χ2n) is 5.70. The Bertz CT molecular complexity index is 867. The summed E-state index contributed by atoms with van der Waals surface area (Å²) in [4.78, 5) is 16.5. The van der Waals surface area contributed by atoms with Crippen molar-refractivity contribution in [1.29, 1.82) is 0 Å². The van der Waals surface area contributed by atoms with Gasteiger partial charge in [0.15, 0.2) is 0 Å². The summed E-state index contributed by atoms with van der Waals surface area (Å²) >= 11 is 0. The number of hydrogen-bond donors (Lipinski definition) is 2. The second-order valence-corrected chi connectivity index (χ2v) is 5.70. The molecule has 2 N–H and O–H groups in total. The number of ether oxygens (including phenoxy) is 2. The minimum atomic E-state index is -0.174. The second kappa shape index (κ2) is 9.24. The summed E-state index contributed by atoms with van der Waals surface area (Å²) in [6, 6.07) is 20.4. The van der Waals surface area contributed by atoms with Gasteiger partial charge in [-0.25, -0.2) is 4.98 Å². The van der Waals surface area contributed by atoms with Crippen molar-refractivity contribution in [1.82, 2.24) is 10.3 Å². The van der Waals surface area contributed by atoms with Crippen molar-refractivity contribution < 1.29 is 14.3 Å². The first-order valence-electron chi connectivity index (χ1n) is 8.58. The molecule has 3 aromatic rings. The molecule has 1 heterocycles. The van der Waals surface area contributed by atoms with Crippen molar-refractivity contribution in [3.8, 4) is 11.5 Å². The number of carbonyl (C=O) groups is 1. The number of carbonyl (C=O) groups excluding carboxylic acids is 1. The first-order valence-corrected chi connectivity index (χ1v) is 8.58. The van der Waals surface area contributed by atoms with Gasteiger partial charge in [-0.1, -0.05) is 18.2 Å². The number of hydrogen-bond acceptors (Lipinski definition) is 5. The van der Waals surface area contributed by atoms with E-state index in [1.165, 1.54) is 0 Å². The van der Waals surface area contributed by atoms with Gasteiger partial charge < -0.3 is 20.1 Å². The van der Waals surface area contributed by atoms with E-state index >= 15 is 0 Å². The van der Waals surface area contributed by atoms with E-state index in [1.54, 1.807) is 25.4 Å². The van der Waals surface area contributed by atoms with Crippen molar-refractivity contribution >= 4 is 17.4 Å². The molecule has 0 aliphatic carbocycles. The largest absolute Gasteiger partial charge is 0.497 e. The van der Waals surface area contributed by atoms with Crippen LogP contribution in [0.5, 0.6) is 11.5 Å². The summed E-state index contributed by atoms with van der Waals surface area (Å²) in [7, 11) is 1.62. The van der Waals surface area contributed by atoms with E-state index in [0.29, 0.717) is 24.5 Å². The van der Waals surface area contributed by atoms with E-state index in [9.17, 15) is 4.79 Å². The normalized spacial score (nSPS) is 10.1. The van der Waals surface area contributed by atoms with Gasteiger partial charge in [0.1, 0.15) is 23.9 Å². The summed E-state index contributed by atoms with van der Waals surface area (Å²) in [6.07, 6.45) is 1.61. The van der Waals surface area contributed by atoms with Crippen LogP contribution in [0, 0.1) is 0 Å². The molecule has 6 heteroatoms. The van der Waals surface area contributed by atoms with Gasteiger partial charge in [0.25, 0.3) is 5.91 Å². The molecule has 0 unspecified atom stereocenters. The predicted molar refractivity (Wildman–Crippen MR) is 105 cm³/mol. The molecule has 0 aliphatic heterocycles. The summed E-state index contributed by atoms with van der Waals surface area (Å²) in [5.74, 6) is 1.94. The molecule has 2 aromatic carbocycles. The van der Waals surface area contributed by atoms with Gasteiger partial charge in [-0.2, -0.15) is 0 Å². The Balaban J connectivity index is 1.48. The molecule has 0 aliphatic rings. The number of rotatable bonds is 8. The molecule has 0 fully saturated rings. The van der Waals surface area contributed by atoms with Gasteiger partial charge in [-0.3, -0.25) is 4.79 Å². The maximum absolute atomic E-state index is 12.3. The molecule has 3 rings (SSSR count). The lowest BCUT2D eigenvalue weighted by molar-refractivity contribution is 0.0947. The van der Waals surface area contributed by atoms with E-state index in [4.69, 9.17) is 9.47 Å². The molecule has 1 amide bonds. The molecule has 138 valence electrons. The van der Waals surface area contributed by atoms with Crippen LogP contribution in [0.3, 0.4) is 0 Å². The number of anilines is 2. The van der Waals surface area contributed by atoms with E-state index in [1.807, 2.05) is 54.6 Å². The van der Waals surface area contributed by atoms with Crippen molar-refractivity contribution in [2.24, 2.45) is 0 Å². The van der Waals surface area contributed by atoms with Crippen molar-refractivity contribution in [2.75, 3.05) is 25.6 Å². The molecule has 1 aromatic heterocycles. The molecular formula is C21H21N3O3. The van der Waals surface area contributed by atoms with Gasteiger partial charge in [-0.15, -0.1) is 0 Å². The average Bonchev–Trinajstić information content (AvgIpc) is 2.72. The third-order valence-electron chi connectivity index (χ3n) is 3.78. The third-order valence-corrected chi connectivity index (χ3v) is 3.78. The number of pyridine rings is 1. The molecule has 0 bridgehead atoms. The van der Waals surface area contributed by atoms with E-state index in [-0.39, 0.29) is 5.91 Å². The molecule has 0 radical (unpaired) electrons. The fourth-order valence-corrected chi connectivity index (χ4v) is 2.42. The fourth-order valence-electron chi connectivity index (χ4n) is 2.42. The van der Waals surface area contributed by atoms with Crippen molar-refractivity contribution in [2.45, 2.75) is 0 Å². The van der Waals surface area contributed by atoms with Gasteiger partial charge in [0.05, 0.1) is 13.7 Å². The van der Waals surface area contributed by atoms with Gasteiger partial charge in [0, 0.05) is 17.4 Å². The molecule has 0 spiro atoms. The fraction of sp³-hybridized carbons (Fsp3) is 0.143. The highest BCUT2D eigenvalue weighted by Crippen LogP contribution is 2.17. The van der Waals surface area contributed by atoms with Gasteiger partial charge >= 0.3 is 0 Å². The molecule has 0 saturated heterocycles. The van der Waals surface area contributed by atoms with Crippen LogP contribution in [0.15, 0.2) is 72.9 Å². The van der Waals surface area contributed by atoms with Crippen LogP contribution in [0.25, 0.3) is 0 Å². The number of methoxy groups -OCH3 is 1. The average molecular weight is 363 g/mol. The lowest BCUT2D eigenvalue weighted by Gasteiger charge is -2.09. The number of nitrogens with zero attached hydrogens (tertiary/aromatic N) is 1. The van der Waals surface area contributed by atoms with Crippen LogP contribution in [0.4, 0.5) is 11.5 Å². The molecule has 0 saturated carbocycles. The van der Waals surface area contributed by atoms with Crippen LogP contribution >= 0.6 is 0 Å². The Hall–Kier alpha value is -3.54. The van der Waals surface area contributed by atoms with Crippen molar-refractivity contribution in [3.63, 3.8) is 0 Å². The monoisotopic (exact) mass is 363 g/mol. The topological polar surface area (TPSA) is 72.5 Å².